The SMILES string of the molecule is C[C@H](NC(=O)NC1c2ccccc2Oc2ccccc21)c1ccc(Br)cc1. The molecule has 0 saturated carbocycles. The summed E-state index contributed by atoms with van der Waals surface area (Å²) in [6.45, 7) is 1.97. The molecule has 2 amide bonds. The Labute approximate surface area is 166 Å². The van der Waals surface area contributed by atoms with Crippen LogP contribution in [-0.4, -0.2) is 6.03 Å². The summed E-state index contributed by atoms with van der Waals surface area (Å²) < 4.78 is 6.99. The summed E-state index contributed by atoms with van der Waals surface area (Å²) in [6, 6.07) is 22.9. The first-order valence-corrected chi connectivity index (χ1v) is 9.59. The van der Waals surface area contributed by atoms with E-state index < -0.39 is 0 Å². The van der Waals surface area contributed by atoms with E-state index in [1.807, 2.05) is 79.7 Å². The van der Waals surface area contributed by atoms with Crippen molar-refractivity contribution < 1.29 is 9.53 Å². The van der Waals surface area contributed by atoms with Gasteiger partial charge in [0.25, 0.3) is 0 Å². The van der Waals surface area contributed by atoms with Crippen molar-refractivity contribution in [3.63, 3.8) is 0 Å². The molecule has 3 aromatic rings. The van der Waals surface area contributed by atoms with Crippen LogP contribution in [0, 0.1) is 0 Å². The van der Waals surface area contributed by atoms with E-state index in [1.165, 1.54) is 0 Å². The molecule has 0 radical (unpaired) electrons. The minimum Gasteiger partial charge on any atom is -0.457 e. The van der Waals surface area contributed by atoms with Gasteiger partial charge in [-0.3, -0.25) is 0 Å². The van der Waals surface area contributed by atoms with E-state index in [1.54, 1.807) is 0 Å². The highest BCUT2D eigenvalue weighted by atomic mass is 79.9. The smallest absolute Gasteiger partial charge is 0.316 e. The quantitative estimate of drug-likeness (QED) is 0.568. The van der Waals surface area contributed by atoms with Crippen LogP contribution in [0.15, 0.2) is 77.3 Å². The van der Waals surface area contributed by atoms with Gasteiger partial charge in [-0.2, -0.15) is 0 Å². The standard InChI is InChI=1S/C22H19BrN2O2/c1-14(15-10-12-16(23)13-11-15)24-22(26)25-21-17-6-2-4-8-19(17)27-20-9-5-3-7-18(20)21/h2-14,21H,1H3,(H2,24,25,26)/t14-/m0/s1. The maximum atomic E-state index is 12.7. The summed E-state index contributed by atoms with van der Waals surface area (Å²) in [5, 5.41) is 6.12. The van der Waals surface area contributed by atoms with Crippen molar-refractivity contribution in [2.24, 2.45) is 0 Å². The van der Waals surface area contributed by atoms with E-state index in [4.69, 9.17) is 4.74 Å². The van der Waals surface area contributed by atoms with Crippen LogP contribution in [0.2, 0.25) is 0 Å². The van der Waals surface area contributed by atoms with Crippen LogP contribution in [0.1, 0.15) is 35.7 Å². The van der Waals surface area contributed by atoms with Crippen LogP contribution in [0.5, 0.6) is 11.5 Å². The Bertz CT molecular complexity index is 927. The van der Waals surface area contributed by atoms with Crippen molar-refractivity contribution in [3.05, 3.63) is 94.0 Å². The number of benzene rings is 3. The Hall–Kier alpha value is -2.79. The Morgan fingerprint density at radius 1 is 0.926 bits per heavy atom. The first kappa shape index (κ1) is 17.6. The van der Waals surface area contributed by atoms with E-state index in [2.05, 4.69) is 26.6 Å². The summed E-state index contributed by atoms with van der Waals surface area (Å²) in [5.41, 5.74) is 2.94. The van der Waals surface area contributed by atoms with Crippen molar-refractivity contribution in [2.75, 3.05) is 0 Å². The third kappa shape index (κ3) is 3.69. The highest BCUT2D eigenvalue weighted by Gasteiger charge is 2.28. The van der Waals surface area contributed by atoms with Crippen molar-refractivity contribution in [3.8, 4) is 11.5 Å². The molecule has 0 spiro atoms. The predicted molar refractivity (Wildman–Crippen MR) is 109 cm³/mol. The number of amides is 2. The van der Waals surface area contributed by atoms with E-state index in [-0.39, 0.29) is 18.1 Å². The van der Waals surface area contributed by atoms with Crippen LogP contribution < -0.4 is 15.4 Å². The molecule has 2 N–H and O–H groups in total. The Balaban J connectivity index is 1.55. The van der Waals surface area contributed by atoms with Gasteiger partial charge >= 0.3 is 6.03 Å². The van der Waals surface area contributed by atoms with Crippen LogP contribution in [0.25, 0.3) is 0 Å². The summed E-state index contributed by atoms with van der Waals surface area (Å²) in [5.74, 6) is 1.53. The fourth-order valence-corrected chi connectivity index (χ4v) is 3.53. The zero-order chi connectivity index (χ0) is 18.8. The third-order valence-electron chi connectivity index (χ3n) is 4.67. The number of hydrogen-bond acceptors (Lipinski definition) is 2. The Kier molecular flexibility index (Phi) is 4.86. The predicted octanol–water partition coefficient (Wildman–Crippen LogP) is 5.70. The van der Waals surface area contributed by atoms with E-state index in [9.17, 15) is 4.79 Å². The highest BCUT2D eigenvalue weighted by Crippen LogP contribution is 2.42. The molecule has 4 rings (SSSR count). The molecule has 3 aromatic carbocycles. The number of nitrogens with one attached hydrogen (secondary N) is 2. The molecule has 0 fully saturated rings. The summed E-state index contributed by atoms with van der Waals surface area (Å²) in [6.07, 6.45) is 0. The second-order valence-corrected chi connectivity index (χ2v) is 7.42. The molecule has 0 bridgehead atoms. The number of hydrogen-bond donors (Lipinski definition) is 2. The number of para-hydroxylation sites is 2. The van der Waals surface area contributed by atoms with Gasteiger partial charge in [0.05, 0.1) is 12.1 Å². The van der Waals surface area contributed by atoms with Crippen molar-refractivity contribution >= 4 is 22.0 Å². The first-order chi connectivity index (χ1) is 13.1. The fourth-order valence-electron chi connectivity index (χ4n) is 3.27. The van der Waals surface area contributed by atoms with Gasteiger partial charge in [-0.25, -0.2) is 4.79 Å². The van der Waals surface area contributed by atoms with Crippen molar-refractivity contribution in [1.82, 2.24) is 10.6 Å². The lowest BCUT2D eigenvalue weighted by Gasteiger charge is -2.29. The molecule has 1 heterocycles. The highest BCUT2D eigenvalue weighted by molar-refractivity contribution is 9.10. The molecule has 0 aromatic heterocycles. The van der Waals surface area contributed by atoms with Crippen molar-refractivity contribution in [1.29, 1.82) is 0 Å². The topological polar surface area (TPSA) is 50.4 Å². The zero-order valence-electron chi connectivity index (χ0n) is 14.8. The second kappa shape index (κ2) is 7.45. The number of fused-ring (bicyclic) bond motifs is 2. The Morgan fingerprint density at radius 3 is 2.07 bits per heavy atom. The van der Waals surface area contributed by atoms with Gasteiger partial charge in [0.2, 0.25) is 0 Å². The fraction of sp³-hybridized carbons (Fsp3) is 0.136. The minimum atomic E-state index is -0.261. The van der Waals surface area contributed by atoms with Gasteiger partial charge in [0.1, 0.15) is 11.5 Å². The monoisotopic (exact) mass is 422 g/mol. The Morgan fingerprint density at radius 2 is 1.48 bits per heavy atom. The molecule has 4 nitrogen and oxygen atoms in total. The lowest BCUT2D eigenvalue weighted by Crippen LogP contribution is -2.40. The molecule has 1 aliphatic rings. The number of rotatable bonds is 3. The van der Waals surface area contributed by atoms with Gasteiger partial charge in [0.15, 0.2) is 0 Å². The van der Waals surface area contributed by atoms with Gasteiger partial charge in [0, 0.05) is 15.6 Å². The molecule has 1 aliphatic heterocycles. The van der Waals surface area contributed by atoms with Gasteiger partial charge < -0.3 is 15.4 Å². The summed E-state index contributed by atoms with van der Waals surface area (Å²) >= 11 is 3.43. The molecule has 0 aliphatic carbocycles. The van der Waals surface area contributed by atoms with Crippen LogP contribution in [0.4, 0.5) is 4.79 Å². The molecule has 0 saturated heterocycles. The third-order valence-corrected chi connectivity index (χ3v) is 5.20. The molecule has 1 atom stereocenters. The van der Waals surface area contributed by atoms with E-state index >= 15 is 0 Å². The second-order valence-electron chi connectivity index (χ2n) is 6.50. The van der Waals surface area contributed by atoms with Gasteiger partial charge in [-0.15, -0.1) is 0 Å². The van der Waals surface area contributed by atoms with Crippen LogP contribution >= 0.6 is 15.9 Å². The normalized spacial score (nSPS) is 13.7. The van der Waals surface area contributed by atoms with Gasteiger partial charge in [-0.1, -0.05) is 64.5 Å². The average Bonchev–Trinajstić information content (AvgIpc) is 2.68. The first-order valence-electron chi connectivity index (χ1n) is 8.80. The maximum absolute atomic E-state index is 12.7. The molecule has 27 heavy (non-hydrogen) atoms. The van der Waals surface area contributed by atoms with Crippen LogP contribution in [-0.2, 0) is 0 Å². The molecular formula is C22H19BrN2O2. The molecule has 136 valence electrons. The van der Waals surface area contributed by atoms with E-state index in [0.717, 1.165) is 32.7 Å². The van der Waals surface area contributed by atoms with Gasteiger partial charge in [-0.05, 0) is 36.8 Å². The van der Waals surface area contributed by atoms with E-state index in [0.29, 0.717) is 0 Å². The zero-order valence-corrected chi connectivity index (χ0v) is 16.4. The number of halogens is 1. The molecular weight excluding hydrogens is 404 g/mol. The number of carbonyl (C=O) groups is 1. The molecule has 0 unspecified atom stereocenters. The lowest BCUT2D eigenvalue weighted by molar-refractivity contribution is 0.235. The largest absolute Gasteiger partial charge is 0.457 e. The maximum Gasteiger partial charge on any atom is 0.316 e. The van der Waals surface area contributed by atoms with Crippen LogP contribution in [0.3, 0.4) is 0 Å². The lowest BCUT2D eigenvalue weighted by atomic mass is 9.95. The molecule has 5 heteroatoms. The number of carbonyl (C=O) groups excluding carboxylic acids is 1. The number of ether oxygens (including phenoxy) is 1. The summed E-state index contributed by atoms with van der Waals surface area (Å²) in [7, 11) is 0. The average molecular weight is 423 g/mol. The summed E-state index contributed by atoms with van der Waals surface area (Å²) in [4.78, 5) is 12.7. The van der Waals surface area contributed by atoms with Crippen molar-refractivity contribution in [2.45, 2.75) is 19.0 Å². The number of urea groups is 1. The minimum absolute atomic E-state index is 0.108.